The van der Waals surface area contributed by atoms with E-state index < -0.39 is 12.0 Å². The van der Waals surface area contributed by atoms with Crippen molar-refractivity contribution >= 4 is 29.2 Å². The number of hydrogen-bond acceptors (Lipinski definition) is 6. The van der Waals surface area contributed by atoms with E-state index in [1.54, 1.807) is 25.1 Å². The molecule has 0 unspecified atom stereocenters. The van der Waals surface area contributed by atoms with E-state index in [0.29, 0.717) is 28.3 Å². The highest BCUT2D eigenvalue weighted by Crippen LogP contribution is 2.40. The van der Waals surface area contributed by atoms with E-state index in [0.717, 1.165) is 0 Å². The number of fused-ring (bicyclic) bond motifs is 1. The van der Waals surface area contributed by atoms with Crippen molar-refractivity contribution in [1.82, 2.24) is 10.2 Å². The van der Waals surface area contributed by atoms with Gasteiger partial charge in [-0.05, 0) is 36.8 Å². The Hall–Kier alpha value is -2.61. The number of rotatable bonds is 2. The van der Waals surface area contributed by atoms with Crippen LogP contribution in [-0.4, -0.2) is 35.8 Å². The molecule has 0 spiro atoms. The van der Waals surface area contributed by atoms with Crippen LogP contribution in [0.2, 0.25) is 0 Å². The fraction of sp³-hybridized carbons (Fsp3) is 0.312. The first kappa shape index (κ1) is 16.3. The summed E-state index contributed by atoms with van der Waals surface area (Å²) in [7, 11) is 1.30. The molecule has 0 aliphatic carbocycles. The Kier molecular flexibility index (Phi) is 4.15. The standard InChI is InChI=1S/C16H16N2O5S/c1-8-13(15(20)21-3)14(18(9(2)19)16(24)17-8)10-4-5-11-12(6-10)23-7-22-11/h4-6,14H,7H2,1-3H3,(H,17,24)/t14-/m0/s1. The second-order valence-corrected chi connectivity index (χ2v) is 5.75. The van der Waals surface area contributed by atoms with E-state index >= 15 is 0 Å². The van der Waals surface area contributed by atoms with Gasteiger partial charge in [0, 0.05) is 12.6 Å². The number of hydrogen-bond donors (Lipinski definition) is 1. The van der Waals surface area contributed by atoms with Crippen LogP contribution in [0.4, 0.5) is 0 Å². The van der Waals surface area contributed by atoms with Crippen molar-refractivity contribution < 1.29 is 23.8 Å². The number of amides is 1. The predicted molar refractivity (Wildman–Crippen MR) is 88.3 cm³/mol. The van der Waals surface area contributed by atoms with Gasteiger partial charge in [0.2, 0.25) is 12.7 Å². The number of allylic oxidation sites excluding steroid dienone is 1. The molecular formula is C16H16N2O5S. The lowest BCUT2D eigenvalue weighted by molar-refractivity contribution is -0.137. The number of nitrogens with zero attached hydrogens (tertiary/aromatic N) is 1. The summed E-state index contributed by atoms with van der Waals surface area (Å²) in [5.41, 5.74) is 1.55. The van der Waals surface area contributed by atoms with Crippen LogP contribution in [0.25, 0.3) is 0 Å². The highest BCUT2D eigenvalue weighted by atomic mass is 32.1. The molecule has 126 valence electrons. The Bertz CT molecular complexity index is 774. The SMILES string of the molecule is COC(=O)C1=C(C)NC(=S)N(C(C)=O)[C@H]1c1ccc2c(c1)OCO2. The number of carbonyl (C=O) groups is 2. The highest BCUT2D eigenvalue weighted by Gasteiger charge is 2.39. The second kappa shape index (κ2) is 6.12. The maximum absolute atomic E-state index is 12.3. The minimum absolute atomic E-state index is 0.137. The zero-order chi connectivity index (χ0) is 17.4. The zero-order valence-electron chi connectivity index (χ0n) is 13.4. The number of methoxy groups -OCH3 is 1. The van der Waals surface area contributed by atoms with Crippen LogP contribution in [-0.2, 0) is 14.3 Å². The monoisotopic (exact) mass is 348 g/mol. The van der Waals surface area contributed by atoms with E-state index in [-0.39, 0.29) is 17.8 Å². The van der Waals surface area contributed by atoms with Crippen molar-refractivity contribution in [2.75, 3.05) is 13.9 Å². The van der Waals surface area contributed by atoms with Gasteiger partial charge in [-0.15, -0.1) is 0 Å². The Morgan fingerprint density at radius 2 is 2.04 bits per heavy atom. The average molecular weight is 348 g/mol. The van der Waals surface area contributed by atoms with E-state index in [2.05, 4.69) is 5.32 Å². The number of benzene rings is 1. The molecule has 1 aromatic rings. The van der Waals surface area contributed by atoms with Crippen molar-refractivity contribution in [3.8, 4) is 11.5 Å². The maximum Gasteiger partial charge on any atom is 0.337 e. The van der Waals surface area contributed by atoms with Gasteiger partial charge in [0.15, 0.2) is 16.6 Å². The minimum atomic E-state index is -0.696. The van der Waals surface area contributed by atoms with Gasteiger partial charge in [-0.2, -0.15) is 0 Å². The average Bonchev–Trinajstić information content (AvgIpc) is 3.00. The second-order valence-electron chi connectivity index (χ2n) is 5.36. The van der Waals surface area contributed by atoms with Crippen LogP contribution in [0, 0.1) is 0 Å². The molecule has 0 aromatic heterocycles. The van der Waals surface area contributed by atoms with Crippen LogP contribution in [0.15, 0.2) is 29.5 Å². The molecule has 8 heteroatoms. The zero-order valence-corrected chi connectivity index (χ0v) is 14.2. The molecule has 1 atom stereocenters. The first-order valence-electron chi connectivity index (χ1n) is 7.23. The summed E-state index contributed by atoms with van der Waals surface area (Å²) in [6, 6.07) is 4.56. The smallest absolute Gasteiger partial charge is 0.337 e. The van der Waals surface area contributed by atoms with E-state index in [1.165, 1.54) is 18.9 Å². The molecule has 2 heterocycles. The molecule has 0 bridgehead atoms. The molecule has 24 heavy (non-hydrogen) atoms. The van der Waals surface area contributed by atoms with E-state index in [9.17, 15) is 9.59 Å². The molecule has 7 nitrogen and oxygen atoms in total. The van der Waals surface area contributed by atoms with Crippen molar-refractivity contribution in [1.29, 1.82) is 0 Å². The lowest BCUT2D eigenvalue weighted by Gasteiger charge is -2.37. The van der Waals surface area contributed by atoms with Crippen molar-refractivity contribution in [3.05, 3.63) is 35.0 Å². The Labute approximate surface area is 144 Å². The number of esters is 1. The molecule has 0 saturated heterocycles. The molecule has 2 aliphatic heterocycles. The lowest BCUT2D eigenvalue weighted by atomic mass is 9.93. The topological polar surface area (TPSA) is 77.1 Å². The Balaban J connectivity index is 2.16. The maximum atomic E-state index is 12.3. The lowest BCUT2D eigenvalue weighted by Crippen LogP contribution is -2.50. The third-order valence-corrected chi connectivity index (χ3v) is 4.20. The fourth-order valence-corrected chi connectivity index (χ4v) is 3.22. The summed E-state index contributed by atoms with van der Waals surface area (Å²) in [6.07, 6.45) is 0. The predicted octanol–water partition coefficient (Wildman–Crippen LogP) is 1.64. The molecular weight excluding hydrogens is 332 g/mol. The van der Waals surface area contributed by atoms with Gasteiger partial charge in [0.05, 0.1) is 18.7 Å². The molecule has 1 aromatic carbocycles. The van der Waals surface area contributed by atoms with Gasteiger partial charge in [-0.25, -0.2) is 4.79 Å². The van der Waals surface area contributed by atoms with Gasteiger partial charge >= 0.3 is 5.97 Å². The summed E-state index contributed by atoms with van der Waals surface area (Å²) in [5, 5.41) is 3.12. The largest absolute Gasteiger partial charge is 0.466 e. The first-order valence-corrected chi connectivity index (χ1v) is 7.64. The highest BCUT2D eigenvalue weighted by molar-refractivity contribution is 7.80. The molecule has 0 saturated carbocycles. The molecule has 0 fully saturated rings. The first-order chi connectivity index (χ1) is 11.4. The van der Waals surface area contributed by atoms with E-state index in [1.807, 2.05) is 0 Å². The normalized spacial score (nSPS) is 19.2. The molecule has 1 amide bonds. The summed E-state index contributed by atoms with van der Waals surface area (Å²) >= 11 is 5.28. The third-order valence-electron chi connectivity index (χ3n) is 3.91. The van der Waals surface area contributed by atoms with Crippen molar-refractivity contribution in [2.45, 2.75) is 19.9 Å². The fourth-order valence-electron chi connectivity index (χ4n) is 2.84. The molecule has 3 rings (SSSR count). The number of nitrogens with one attached hydrogen (secondary N) is 1. The van der Waals surface area contributed by atoms with Gasteiger partial charge in [-0.1, -0.05) is 6.07 Å². The van der Waals surface area contributed by atoms with Gasteiger partial charge < -0.3 is 19.5 Å². The number of carbonyl (C=O) groups excluding carboxylic acids is 2. The van der Waals surface area contributed by atoms with Crippen LogP contribution >= 0.6 is 12.2 Å². The van der Waals surface area contributed by atoms with Crippen molar-refractivity contribution in [3.63, 3.8) is 0 Å². The summed E-state index contributed by atoms with van der Waals surface area (Å²) in [4.78, 5) is 25.8. The number of thiocarbonyl (C=S) groups is 1. The van der Waals surface area contributed by atoms with Gasteiger partial charge in [-0.3, -0.25) is 9.69 Å². The molecule has 1 N–H and O–H groups in total. The van der Waals surface area contributed by atoms with Gasteiger partial charge in [0.1, 0.15) is 0 Å². The number of ether oxygens (including phenoxy) is 3. The third kappa shape index (κ3) is 2.58. The van der Waals surface area contributed by atoms with Crippen molar-refractivity contribution in [2.24, 2.45) is 0 Å². The summed E-state index contributed by atoms with van der Waals surface area (Å²) in [5.74, 6) is 0.354. The minimum Gasteiger partial charge on any atom is -0.466 e. The van der Waals surface area contributed by atoms with Crippen LogP contribution in [0.1, 0.15) is 25.5 Å². The van der Waals surface area contributed by atoms with Crippen LogP contribution in [0.5, 0.6) is 11.5 Å². The summed E-state index contributed by atoms with van der Waals surface area (Å²) < 4.78 is 15.6. The van der Waals surface area contributed by atoms with Gasteiger partial charge in [0.25, 0.3) is 0 Å². The van der Waals surface area contributed by atoms with E-state index in [4.69, 9.17) is 26.4 Å². The molecule has 0 radical (unpaired) electrons. The van der Waals surface area contributed by atoms with Crippen LogP contribution in [0.3, 0.4) is 0 Å². The quantitative estimate of drug-likeness (QED) is 0.643. The summed E-state index contributed by atoms with van der Waals surface area (Å²) in [6.45, 7) is 3.25. The molecule has 2 aliphatic rings. The Morgan fingerprint density at radius 1 is 1.33 bits per heavy atom. The van der Waals surface area contributed by atoms with Crippen LogP contribution < -0.4 is 14.8 Å². The Morgan fingerprint density at radius 3 is 2.71 bits per heavy atom.